The van der Waals surface area contributed by atoms with E-state index in [0.29, 0.717) is 27.8 Å². The number of carbonyl (C=O) groups excluding carboxylic acids is 2. The molecule has 0 atom stereocenters. The van der Waals surface area contributed by atoms with E-state index in [4.69, 9.17) is 9.47 Å². The van der Waals surface area contributed by atoms with Crippen molar-refractivity contribution in [2.45, 2.75) is 0 Å². The molecular formula is C23H17Br2N3O4S. The second kappa shape index (κ2) is 10.8. The molecule has 33 heavy (non-hydrogen) atoms. The minimum Gasteiger partial charge on any atom is -0.484 e. The SMILES string of the molecule is O=C(COc1ccc(Br)cc1)Nc1ccc2nc(NC(=O)COc3ccc(Br)cc3)sc2c1. The Kier molecular flexibility index (Phi) is 7.58. The van der Waals surface area contributed by atoms with Gasteiger partial charge in [-0.15, -0.1) is 0 Å². The highest BCUT2D eigenvalue weighted by Crippen LogP contribution is 2.28. The van der Waals surface area contributed by atoms with Crippen LogP contribution in [0.15, 0.2) is 75.7 Å². The van der Waals surface area contributed by atoms with Crippen LogP contribution >= 0.6 is 43.2 Å². The molecule has 0 saturated carbocycles. The Balaban J connectivity index is 1.30. The van der Waals surface area contributed by atoms with E-state index in [0.717, 1.165) is 13.6 Å². The van der Waals surface area contributed by atoms with E-state index in [-0.39, 0.29) is 25.0 Å². The second-order valence-corrected chi connectivity index (χ2v) is 9.65. The highest BCUT2D eigenvalue weighted by molar-refractivity contribution is 9.10. The first-order valence-electron chi connectivity index (χ1n) is 9.72. The smallest absolute Gasteiger partial charge is 0.264 e. The Morgan fingerprint density at radius 3 is 1.91 bits per heavy atom. The lowest BCUT2D eigenvalue weighted by Crippen LogP contribution is -2.20. The van der Waals surface area contributed by atoms with Crippen LogP contribution in [-0.4, -0.2) is 30.0 Å². The van der Waals surface area contributed by atoms with Crippen LogP contribution in [0.2, 0.25) is 0 Å². The lowest BCUT2D eigenvalue weighted by atomic mass is 10.3. The molecule has 7 nitrogen and oxygen atoms in total. The molecule has 0 spiro atoms. The molecule has 0 aliphatic rings. The normalized spacial score (nSPS) is 10.6. The fourth-order valence-corrected chi connectivity index (χ4v) is 4.22. The van der Waals surface area contributed by atoms with Crippen LogP contribution in [0.5, 0.6) is 11.5 Å². The zero-order valence-corrected chi connectivity index (χ0v) is 21.0. The van der Waals surface area contributed by atoms with Gasteiger partial charge in [-0.05, 0) is 66.7 Å². The molecule has 3 aromatic carbocycles. The van der Waals surface area contributed by atoms with Gasteiger partial charge in [0, 0.05) is 14.6 Å². The zero-order valence-electron chi connectivity index (χ0n) is 17.0. The first-order chi connectivity index (χ1) is 15.9. The number of thiazole rings is 1. The molecule has 1 aromatic heterocycles. The summed E-state index contributed by atoms with van der Waals surface area (Å²) in [6.07, 6.45) is 0. The summed E-state index contributed by atoms with van der Waals surface area (Å²) in [5.74, 6) is 0.619. The van der Waals surface area contributed by atoms with E-state index in [1.807, 2.05) is 24.3 Å². The monoisotopic (exact) mass is 589 g/mol. The minimum absolute atomic E-state index is 0.109. The molecule has 0 saturated heterocycles. The van der Waals surface area contributed by atoms with Crippen LogP contribution in [0.25, 0.3) is 10.2 Å². The minimum atomic E-state index is -0.310. The van der Waals surface area contributed by atoms with Crippen LogP contribution in [0.4, 0.5) is 10.8 Å². The maximum absolute atomic E-state index is 12.2. The summed E-state index contributed by atoms with van der Waals surface area (Å²) in [6.45, 7) is -0.237. The summed E-state index contributed by atoms with van der Waals surface area (Å²) in [7, 11) is 0. The number of rotatable bonds is 8. The summed E-state index contributed by atoms with van der Waals surface area (Å²) in [4.78, 5) is 28.8. The largest absolute Gasteiger partial charge is 0.484 e. The maximum atomic E-state index is 12.2. The van der Waals surface area contributed by atoms with Gasteiger partial charge in [0.1, 0.15) is 11.5 Å². The van der Waals surface area contributed by atoms with Gasteiger partial charge in [-0.2, -0.15) is 0 Å². The molecule has 0 bridgehead atoms. The van der Waals surface area contributed by atoms with Crippen LogP contribution in [0, 0.1) is 0 Å². The van der Waals surface area contributed by atoms with Crippen LogP contribution in [-0.2, 0) is 9.59 Å². The summed E-state index contributed by atoms with van der Waals surface area (Å²) < 4.78 is 13.7. The molecule has 0 aliphatic carbocycles. The Hall–Kier alpha value is -2.95. The predicted octanol–water partition coefficient (Wildman–Crippen LogP) is 5.86. The summed E-state index contributed by atoms with van der Waals surface area (Å²) >= 11 is 8.02. The first kappa shape index (κ1) is 23.2. The van der Waals surface area contributed by atoms with Crippen LogP contribution < -0.4 is 20.1 Å². The van der Waals surface area contributed by atoms with Crippen molar-refractivity contribution in [3.63, 3.8) is 0 Å². The molecule has 0 aliphatic heterocycles. The number of anilines is 2. The second-order valence-electron chi connectivity index (χ2n) is 6.78. The van der Waals surface area contributed by atoms with E-state index in [1.165, 1.54) is 11.3 Å². The van der Waals surface area contributed by atoms with Crippen molar-refractivity contribution in [3.8, 4) is 11.5 Å². The van der Waals surface area contributed by atoms with Crippen molar-refractivity contribution >= 4 is 76.0 Å². The van der Waals surface area contributed by atoms with Crippen molar-refractivity contribution in [2.24, 2.45) is 0 Å². The Bertz CT molecular complexity index is 1220. The number of halogens is 2. The number of amides is 2. The van der Waals surface area contributed by atoms with Gasteiger partial charge >= 0.3 is 0 Å². The number of carbonyl (C=O) groups is 2. The van der Waals surface area contributed by atoms with E-state index in [1.54, 1.807) is 42.5 Å². The van der Waals surface area contributed by atoms with Gasteiger partial charge in [-0.25, -0.2) is 4.98 Å². The molecule has 0 radical (unpaired) electrons. The van der Waals surface area contributed by atoms with Gasteiger partial charge in [0.25, 0.3) is 11.8 Å². The highest BCUT2D eigenvalue weighted by Gasteiger charge is 2.11. The summed E-state index contributed by atoms with van der Waals surface area (Å²) in [5.41, 5.74) is 1.33. The number of hydrogen-bond donors (Lipinski definition) is 2. The van der Waals surface area contributed by atoms with E-state index in [9.17, 15) is 9.59 Å². The molecule has 2 amide bonds. The van der Waals surface area contributed by atoms with Crippen molar-refractivity contribution in [1.82, 2.24) is 4.98 Å². The fraction of sp³-hybridized carbons (Fsp3) is 0.0870. The standard InChI is InChI=1S/C23H17Br2N3O4S/c24-14-1-6-17(7-2-14)31-12-21(29)26-16-5-10-19-20(11-16)33-23(27-19)28-22(30)13-32-18-8-3-15(25)4-9-18/h1-11H,12-13H2,(H,26,29)(H,27,28,30). The van der Waals surface area contributed by atoms with Gasteiger partial charge in [0.2, 0.25) is 0 Å². The van der Waals surface area contributed by atoms with E-state index < -0.39 is 0 Å². The van der Waals surface area contributed by atoms with Crippen molar-refractivity contribution < 1.29 is 19.1 Å². The molecule has 10 heteroatoms. The third-order valence-corrected chi connectivity index (χ3v) is 6.28. The van der Waals surface area contributed by atoms with Gasteiger partial charge in [0.15, 0.2) is 18.3 Å². The maximum Gasteiger partial charge on any atom is 0.264 e. The molecule has 0 fully saturated rings. The Morgan fingerprint density at radius 2 is 1.33 bits per heavy atom. The lowest BCUT2D eigenvalue weighted by Gasteiger charge is -2.07. The van der Waals surface area contributed by atoms with Crippen molar-refractivity contribution in [3.05, 3.63) is 75.7 Å². The number of nitrogens with zero attached hydrogens (tertiary/aromatic N) is 1. The molecular weight excluding hydrogens is 574 g/mol. The average molecular weight is 591 g/mol. The summed E-state index contributed by atoms with van der Waals surface area (Å²) in [6, 6.07) is 19.8. The molecule has 4 rings (SSSR count). The van der Waals surface area contributed by atoms with E-state index >= 15 is 0 Å². The predicted molar refractivity (Wildman–Crippen MR) is 136 cm³/mol. The van der Waals surface area contributed by atoms with Crippen LogP contribution in [0.1, 0.15) is 0 Å². The van der Waals surface area contributed by atoms with Crippen molar-refractivity contribution in [2.75, 3.05) is 23.8 Å². The Morgan fingerprint density at radius 1 is 0.788 bits per heavy atom. The number of aromatic nitrogens is 1. The lowest BCUT2D eigenvalue weighted by molar-refractivity contribution is -0.118. The number of hydrogen-bond acceptors (Lipinski definition) is 6. The average Bonchev–Trinajstić information content (AvgIpc) is 3.19. The summed E-state index contributed by atoms with van der Waals surface area (Å²) in [5, 5.41) is 6.00. The molecule has 0 unspecified atom stereocenters. The van der Waals surface area contributed by atoms with Crippen molar-refractivity contribution in [1.29, 1.82) is 0 Å². The van der Waals surface area contributed by atoms with Crippen LogP contribution in [0.3, 0.4) is 0 Å². The van der Waals surface area contributed by atoms with Gasteiger partial charge in [0.05, 0.1) is 10.2 Å². The third-order valence-electron chi connectivity index (χ3n) is 4.29. The quantitative estimate of drug-likeness (QED) is 0.268. The number of fused-ring (bicyclic) bond motifs is 1. The molecule has 4 aromatic rings. The number of ether oxygens (including phenoxy) is 2. The number of benzene rings is 3. The molecule has 168 valence electrons. The van der Waals surface area contributed by atoms with Gasteiger partial charge < -0.3 is 14.8 Å². The first-order valence-corrected chi connectivity index (χ1v) is 12.1. The topological polar surface area (TPSA) is 89.5 Å². The molecule has 2 N–H and O–H groups in total. The number of nitrogens with one attached hydrogen (secondary N) is 2. The molecule has 1 heterocycles. The highest BCUT2D eigenvalue weighted by atomic mass is 79.9. The van der Waals surface area contributed by atoms with Gasteiger partial charge in [-0.3, -0.25) is 14.9 Å². The fourth-order valence-electron chi connectivity index (χ4n) is 2.77. The zero-order chi connectivity index (χ0) is 23.2. The van der Waals surface area contributed by atoms with Gasteiger partial charge in [-0.1, -0.05) is 43.2 Å². The van der Waals surface area contributed by atoms with E-state index in [2.05, 4.69) is 47.5 Å². The third kappa shape index (κ3) is 6.77. The Labute approximate surface area is 210 Å².